The summed E-state index contributed by atoms with van der Waals surface area (Å²) < 4.78 is 10.7. The monoisotopic (exact) mass is 358 g/mol. The van der Waals surface area contributed by atoms with Crippen molar-refractivity contribution in [1.82, 2.24) is 10.4 Å². The maximum atomic E-state index is 12.4. The number of hydrogen-bond acceptors (Lipinski definition) is 5. The Labute approximate surface area is 153 Å². The van der Waals surface area contributed by atoms with Gasteiger partial charge in [0.1, 0.15) is 0 Å². The topological polar surface area (TPSA) is 50.8 Å². The number of amides is 1. The molecule has 1 amide bonds. The molecule has 2 aromatic carbocycles. The van der Waals surface area contributed by atoms with Gasteiger partial charge in [0.25, 0.3) is 0 Å². The number of carbonyl (C=O) groups excluding carboxylic acids is 1. The van der Waals surface area contributed by atoms with Gasteiger partial charge >= 0.3 is 0 Å². The molecule has 3 rings (SSSR count). The minimum absolute atomic E-state index is 0.0541. The van der Waals surface area contributed by atoms with E-state index < -0.39 is 0 Å². The predicted molar refractivity (Wildman–Crippen MR) is 99.9 cm³/mol. The average Bonchev–Trinajstić information content (AvgIpc) is 3.13. The van der Waals surface area contributed by atoms with Gasteiger partial charge in [-0.2, -0.15) is 12.6 Å². The Morgan fingerprint density at radius 1 is 1.12 bits per heavy atom. The summed E-state index contributed by atoms with van der Waals surface area (Å²) in [4.78, 5) is 12.4. The van der Waals surface area contributed by atoms with Crippen LogP contribution in [0.15, 0.2) is 48.5 Å². The lowest BCUT2D eigenvalue weighted by molar-refractivity contribution is -0.132. The van der Waals surface area contributed by atoms with Crippen molar-refractivity contribution in [2.75, 3.05) is 20.0 Å². The standard InChI is InChI=1S/C19H22N2O3S/c1-23-17-9-8-14(10-18(17)24-2)16-11-15(13-6-4-3-5-7-13)20-21(16)19(22)12-25/h3-10,15-16,20,25H,11-12H2,1-2H3/t15?,16-/m0/s1. The third kappa shape index (κ3) is 3.60. The molecular formula is C19H22N2O3S. The van der Waals surface area contributed by atoms with E-state index in [1.165, 1.54) is 0 Å². The molecule has 1 unspecified atom stereocenters. The first-order chi connectivity index (χ1) is 12.2. The van der Waals surface area contributed by atoms with Crippen molar-refractivity contribution in [1.29, 1.82) is 0 Å². The first-order valence-electron chi connectivity index (χ1n) is 8.14. The predicted octanol–water partition coefficient (Wildman–Crippen LogP) is 3.15. The van der Waals surface area contributed by atoms with Crippen LogP contribution >= 0.6 is 12.6 Å². The first-order valence-corrected chi connectivity index (χ1v) is 8.77. The molecule has 1 saturated heterocycles. The van der Waals surface area contributed by atoms with Crippen LogP contribution in [0.3, 0.4) is 0 Å². The van der Waals surface area contributed by atoms with Crippen molar-refractivity contribution < 1.29 is 14.3 Å². The molecule has 5 nitrogen and oxygen atoms in total. The number of hydrazine groups is 1. The summed E-state index contributed by atoms with van der Waals surface area (Å²) in [6.45, 7) is 0. The quantitative estimate of drug-likeness (QED) is 0.806. The molecule has 0 aromatic heterocycles. The van der Waals surface area contributed by atoms with Gasteiger partial charge in [-0.1, -0.05) is 36.4 Å². The Bertz CT molecular complexity index is 739. The largest absolute Gasteiger partial charge is 0.493 e. The minimum Gasteiger partial charge on any atom is -0.493 e. The zero-order chi connectivity index (χ0) is 17.8. The van der Waals surface area contributed by atoms with Gasteiger partial charge in [-0.05, 0) is 29.7 Å². The van der Waals surface area contributed by atoms with Crippen molar-refractivity contribution in [3.8, 4) is 11.5 Å². The highest BCUT2D eigenvalue weighted by Gasteiger charge is 2.36. The molecule has 2 aromatic rings. The second-order valence-corrected chi connectivity index (χ2v) is 6.20. The Hall–Kier alpha value is -2.18. The summed E-state index contributed by atoms with van der Waals surface area (Å²) in [5, 5.41) is 1.69. The van der Waals surface area contributed by atoms with E-state index in [0.717, 1.165) is 17.5 Å². The van der Waals surface area contributed by atoms with Crippen LogP contribution in [-0.4, -0.2) is 30.9 Å². The number of carbonyl (C=O) groups is 1. The maximum Gasteiger partial charge on any atom is 0.246 e. The fourth-order valence-electron chi connectivity index (χ4n) is 3.20. The summed E-state index contributed by atoms with van der Waals surface area (Å²) in [5.74, 6) is 1.42. The molecule has 1 fully saturated rings. The molecule has 0 saturated carbocycles. The van der Waals surface area contributed by atoms with Crippen molar-refractivity contribution in [2.45, 2.75) is 18.5 Å². The first kappa shape index (κ1) is 17.6. The Kier molecular flexibility index (Phi) is 5.50. The molecule has 132 valence electrons. The van der Waals surface area contributed by atoms with Crippen molar-refractivity contribution in [3.63, 3.8) is 0 Å². The lowest BCUT2D eigenvalue weighted by atomic mass is 9.97. The van der Waals surface area contributed by atoms with Gasteiger partial charge in [-0.3, -0.25) is 9.80 Å². The summed E-state index contributed by atoms with van der Waals surface area (Å²) in [6, 6.07) is 15.9. The van der Waals surface area contributed by atoms with Crippen LogP contribution in [0, 0.1) is 0 Å². The number of nitrogens with zero attached hydrogens (tertiary/aromatic N) is 1. The maximum absolute atomic E-state index is 12.4. The van der Waals surface area contributed by atoms with Gasteiger partial charge in [0.05, 0.1) is 32.1 Å². The number of rotatable bonds is 5. The van der Waals surface area contributed by atoms with E-state index in [1.807, 2.05) is 36.4 Å². The van der Waals surface area contributed by atoms with Crippen LogP contribution in [0.5, 0.6) is 11.5 Å². The number of benzene rings is 2. The Balaban J connectivity index is 1.93. The van der Waals surface area contributed by atoms with E-state index in [0.29, 0.717) is 11.5 Å². The van der Waals surface area contributed by atoms with E-state index in [4.69, 9.17) is 9.47 Å². The van der Waals surface area contributed by atoms with Gasteiger partial charge in [-0.15, -0.1) is 0 Å². The number of hydrogen-bond donors (Lipinski definition) is 2. The smallest absolute Gasteiger partial charge is 0.246 e. The SMILES string of the molecule is COc1ccc([C@@H]2CC(c3ccccc3)NN2C(=O)CS)cc1OC. The van der Waals surface area contributed by atoms with Gasteiger partial charge in [0.15, 0.2) is 11.5 Å². The number of methoxy groups -OCH3 is 2. The normalized spacial score (nSPS) is 19.7. The molecule has 1 aliphatic rings. The number of nitrogens with one attached hydrogen (secondary N) is 1. The molecule has 1 heterocycles. The zero-order valence-electron chi connectivity index (χ0n) is 14.3. The molecule has 0 bridgehead atoms. The van der Waals surface area contributed by atoms with Crippen molar-refractivity contribution in [3.05, 3.63) is 59.7 Å². The third-order valence-electron chi connectivity index (χ3n) is 4.46. The molecule has 6 heteroatoms. The Morgan fingerprint density at radius 3 is 2.48 bits per heavy atom. The molecule has 0 radical (unpaired) electrons. The highest BCUT2D eigenvalue weighted by atomic mass is 32.1. The lowest BCUT2D eigenvalue weighted by Crippen LogP contribution is -2.40. The Morgan fingerprint density at radius 2 is 1.84 bits per heavy atom. The summed E-state index contributed by atoms with van der Waals surface area (Å²) in [6.07, 6.45) is 0.777. The van der Waals surface area contributed by atoms with Crippen LogP contribution in [-0.2, 0) is 4.79 Å². The van der Waals surface area contributed by atoms with Crippen LogP contribution in [0.1, 0.15) is 29.6 Å². The molecular weight excluding hydrogens is 336 g/mol. The molecule has 0 aliphatic carbocycles. The molecule has 1 aliphatic heterocycles. The van der Waals surface area contributed by atoms with Crippen LogP contribution in [0.4, 0.5) is 0 Å². The van der Waals surface area contributed by atoms with E-state index in [1.54, 1.807) is 19.2 Å². The van der Waals surface area contributed by atoms with Gasteiger partial charge in [-0.25, -0.2) is 5.43 Å². The fraction of sp³-hybridized carbons (Fsp3) is 0.316. The third-order valence-corrected chi connectivity index (χ3v) is 4.73. The van der Waals surface area contributed by atoms with Crippen molar-refractivity contribution >= 4 is 18.5 Å². The van der Waals surface area contributed by atoms with Crippen LogP contribution < -0.4 is 14.9 Å². The minimum atomic E-state index is -0.0929. The van der Waals surface area contributed by atoms with Crippen LogP contribution in [0.25, 0.3) is 0 Å². The fourth-order valence-corrected chi connectivity index (χ4v) is 3.35. The summed E-state index contributed by atoms with van der Waals surface area (Å²) >= 11 is 4.15. The highest BCUT2D eigenvalue weighted by Crippen LogP contribution is 2.40. The van der Waals surface area contributed by atoms with E-state index in [-0.39, 0.29) is 23.7 Å². The molecule has 0 spiro atoms. The van der Waals surface area contributed by atoms with Gasteiger partial charge in [0.2, 0.25) is 5.91 Å². The zero-order valence-corrected chi connectivity index (χ0v) is 15.2. The summed E-state index contributed by atoms with van der Waals surface area (Å²) in [7, 11) is 3.22. The van der Waals surface area contributed by atoms with Crippen molar-refractivity contribution in [2.24, 2.45) is 0 Å². The number of thiol groups is 1. The number of ether oxygens (including phenoxy) is 2. The molecule has 1 N–H and O–H groups in total. The van der Waals surface area contributed by atoms with Gasteiger partial charge < -0.3 is 9.47 Å². The van der Waals surface area contributed by atoms with E-state index >= 15 is 0 Å². The van der Waals surface area contributed by atoms with E-state index in [2.05, 4.69) is 30.2 Å². The second kappa shape index (κ2) is 7.80. The van der Waals surface area contributed by atoms with E-state index in [9.17, 15) is 4.79 Å². The summed E-state index contributed by atoms with van der Waals surface area (Å²) in [5.41, 5.74) is 5.49. The average molecular weight is 358 g/mol. The van der Waals surface area contributed by atoms with Crippen LogP contribution in [0.2, 0.25) is 0 Å². The molecule has 2 atom stereocenters. The molecule has 25 heavy (non-hydrogen) atoms. The highest BCUT2D eigenvalue weighted by molar-refractivity contribution is 7.81. The second-order valence-electron chi connectivity index (χ2n) is 5.88. The van der Waals surface area contributed by atoms with Gasteiger partial charge in [0, 0.05) is 0 Å². The lowest BCUT2D eigenvalue weighted by Gasteiger charge is -2.24.